The first kappa shape index (κ1) is 15.1. The lowest BCUT2D eigenvalue weighted by Gasteiger charge is -2.14. The van der Waals surface area contributed by atoms with E-state index in [1.807, 2.05) is 13.8 Å². The molecule has 0 saturated carbocycles. The van der Waals surface area contributed by atoms with Crippen molar-refractivity contribution in [1.82, 2.24) is 10.0 Å². The molecule has 1 aromatic rings. The van der Waals surface area contributed by atoms with E-state index in [2.05, 4.69) is 10.0 Å². The molecular weight excluding hydrogens is 255 g/mol. The molecule has 0 saturated heterocycles. The Balaban J connectivity index is 2.83. The lowest BCUT2D eigenvalue weighted by atomic mass is 10.2. The average Bonchev–Trinajstić information content (AvgIpc) is 2.30. The number of benzene rings is 1. The maximum absolute atomic E-state index is 13.1. The Hall–Kier alpha value is -0.980. The molecule has 1 atom stereocenters. The lowest BCUT2D eigenvalue weighted by molar-refractivity contribution is 0.535. The Labute approximate surface area is 108 Å². The van der Waals surface area contributed by atoms with E-state index < -0.39 is 15.8 Å². The van der Waals surface area contributed by atoms with Crippen LogP contribution in [0.2, 0.25) is 0 Å². The van der Waals surface area contributed by atoms with Crippen LogP contribution in [-0.4, -0.2) is 27.5 Å². The SMILES string of the molecule is CCN[C@H](C)CNS(=O)(=O)c1cc(F)ccc1C. The van der Waals surface area contributed by atoms with Gasteiger partial charge >= 0.3 is 0 Å². The van der Waals surface area contributed by atoms with Crippen molar-refractivity contribution in [2.45, 2.75) is 31.7 Å². The maximum atomic E-state index is 13.1. The summed E-state index contributed by atoms with van der Waals surface area (Å²) in [4.78, 5) is -0.00815. The van der Waals surface area contributed by atoms with Crippen molar-refractivity contribution in [3.63, 3.8) is 0 Å². The van der Waals surface area contributed by atoms with E-state index in [1.165, 1.54) is 12.1 Å². The Kier molecular flexibility index (Phi) is 5.25. The molecule has 1 rings (SSSR count). The molecule has 18 heavy (non-hydrogen) atoms. The highest BCUT2D eigenvalue weighted by atomic mass is 32.2. The summed E-state index contributed by atoms with van der Waals surface area (Å²) in [5.41, 5.74) is 0.528. The van der Waals surface area contributed by atoms with E-state index in [1.54, 1.807) is 6.92 Å². The van der Waals surface area contributed by atoms with Gasteiger partial charge in [-0.25, -0.2) is 17.5 Å². The highest BCUT2D eigenvalue weighted by molar-refractivity contribution is 7.89. The molecule has 0 aliphatic rings. The smallest absolute Gasteiger partial charge is 0.240 e. The predicted molar refractivity (Wildman–Crippen MR) is 69.5 cm³/mol. The number of likely N-dealkylation sites (N-methyl/N-ethyl adjacent to an activating group) is 1. The first-order valence-electron chi connectivity index (χ1n) is 5.86. The summed E-state index contributed by atoms with van der Waals surface area (Å²) in [7, 11) is -3.66. The van der Waals surface area contributed by atoms with Crippen LogP contribution in [0.1, 0.15) is 19.4 Å². The van der Waals surface area contributed by atoms with Crippen LogP contribution >= 0.6 is 0 Å². The molecule has 0 aliphatic carbocycles. The highest BCUT2D eigenvalue weighted by Crippen LogP contribution is 2.15. The van der Waals surface area contributed by atoms with Crippen LogP contribution in [0.4, 0.5) is 4.39 Å². The van der Waals surface area contributed by atoms with Gasteiger partial charge in [0.25, 0.3) is 0 Å². The number of nitrogens with one attached hydrogen (secondary N) is 2. The minimum atomic E-state index is -3.66. The average molecular weight is 274 g/mol. The van der Waals surface area contributed by atoms with Gasteiger partial charge in [-0.1, -0.05) is 13.0 Å². The van der Waals surface area contributed by atoms with Gasteiger partial charge in [-0.05, 0) is 38.1 Å². The van der Waals surface area contributed by atoms with Gasteiger partial charge in [0.05, 0.1) is 4.90 Å². The molecule has 0 bridgehead atoms. The summed E-state index contributed by atoms with van der Waals surface area (Å²) >= 11 is 0. The second kappa shape index (κ2) is 6.26. The van der Waals surface area contributed by atoms with Gasteiger partial charge in [0.15, 0.2) is 0 Å². The Morgan fingerprint density at radius 3 is 2.67 bits per heavy atom. The second-order valence-corrected chi connectivity index (χ2v) is 5.96. The topological polar surface area (TPSA) is 58.2 Å². The molecule has 0 heterocycles. The number of hydrogen-bond acceptors (Lipinski definition) is 3. The van der Waals surface area contributed by atoms with Crippen LogP contribution in [0.3, 0.4) is 0 Å². The van der Waals surface area contributed by atoms with E-state index in [4.69, 9.17) is 0 Å². The van der Waals surface area contributed by atoms with Gasteiger partial charge in [-0.2, -0.15) is 0 Å². The van der Waals surface area contributed by atoms with Crippen LogP contribution in [0, 0.1) is 12.7 Å². The van der Waals surface area contributed by atoms with Crippen molar-refractivity contribution in [3.05, 3.63) is 29.6 Å². The first-order chi connectivity index (χ1) is 8.36. The van der Waals surface area contributed by atoms with Crippen LogP contribution in [0.25, 0.3) is 0 Å². The fraction of sp³-hybridized carbons (Fsp3) is 0.500. The largest absolute Gasteiger partial charge is 0.313 e. The molecule has 4 nitrogen and oxygen atoms in total. The second-order valence-electron chi connectivity index (χ2n) is 4.22. The third-order valence-corrected chi connectivity index (χ3v) is 4.14. The van der Waals surface area contributed by atoms with Crippen LogP contribution in [0.5, 0.6) is 0 Å². The quantitative estimate of drug-likeness (QED) is 0.824. The van der Waals surface area contributed by atoms with Gasteiger partial charge < -0.3 is 5.32 Å². The number of aryl methyl sites for hydroxylation is 1. The zero-order chi connectivity index (χ0) is 13.8. The van der Waals surface area contributed by atoms with Crippen molar-refractivity contribution in [1.29, 1.82) is 0 Å². The lowest BCUT2D eigenvalue weighted by Crippen LogP contribution is -2.38. The third-order valence-electron chi connectivity index (χ3n) is 2.57. The summed E-state index contributed by atoms with van der Waals surface area (Å²) in [5, 5.41) is 3.09. The zero-order valence-corrected chi connectivity index (χ0v) is 11.6. The molecular formula is C12H19FN2O2S. The summed E-state index contributed by atoms with van der Waals surface area (Å²) in [5.74, 6) is -0.555. The molecule has 0 fully saturated rings. The minimum absolute atomic E-state index is 0.00815. The fourth-order valence-corrected chi connectivity index (χ4v) is 2.98. The molecule has 1 aromatic carbocycles. The molecule has 0 amide bonds. The maximum Gasteiger partial charge on any atom is 0.240 e. The summed E-state index contributed by atoms with van der Waals surface area (Å²) in [6, 6.07) is 3.77. The van der Waals surface area contributed by atoms with Crippen molar-refractivity contribution >= 4 is 10.0 Å². The fourth-order valence-electron chi connectivity index (χ4n) is 1.60. The Morgan fingerprint density at radius 1 is 1.39 bits per heavy atom. The number of rotatable bonds is 6. The van der Waals surface area contributed by atoms with Gasteiger partial charge in [-0.3, -0.25) is 0 Å². The molecule has 6 heteroatoms. The number of halogens is 1. The molecule has 0 radical (unpaired) electrons. The predicted octanol–water partition coefficient (Wildman–Crippen LogP) is 1.41. The van der Waals surface area contributed by atoms with E-state index >= 15 is 0 Å². The van der Waals surface area contributed by atoms with Crippen LogP contribution < -0.4 is 10.0 Å². The number of hydrogen-bond donors (Lipinski definition) is 2. The summed E-state index contributed by atoms with van der Waals surface area (Å²) in [6.07, 6.45) is 0. The molecule has 0 aliphatic heterocycles. The van der Waals surface area contributed by atoms with E-state index in [-0.39, 0.29) is 17.5 Å². The number of sulfonamides is 1. The molecule has 0 unspecified atom stereocenters. The van der Waals surface area contributed by atoms with Gasteiger partial charge in [0.1, 0.15) is 5.82 Å². The van der Waals surface area contributed by atoms with Gasteiger partial charge in [-0.15, -0.1) is 0 Å². The molecule has 2 N–H and O–H groups in total. The minimum Gasteiger partial charge on any atom is -0.313 e. The van der Waals surface area contributed by atoms with Crippen molar-refractivity contribution < 1.29 is 12.8 Å². The Bertz CT molecular complexity index is 503. The monoisotopic (exact) mass is 274 g/mol. The molecule has 102 valence electrons. The Morgan fingerprint density at radius 2 is 2.06 bits per heavy atom. The van der Waals surface area contributed by atoms with Crippen LogP contribution in [0.15, 0.2) is 23.1 Å². The van der Waals surface area contributed by atoms with Gasteiger partial charge in [0, 0.05) is 12.6 Å². The van der Waals surface area contributed by atoms with Crippen molar-refractivity contribution in [2.75, 3.05) is 13.1 Å². The zero-order valence-electron chi connectivity index (χ0n) is 10.8. The van der Waals surface area contributed by atoms with Crippen molar-refractivity contribution in [2.24, 2.45) is 0 Å². The van der Waals surface area contributed by atoms with Crippen molar-refractivity contribution in [3.8, 4) is 0 Å². The van der Waals surface area contributed by atoms with E-state index in [9.17, 15) is 12.8 Å². The van der Waals surface area contributed by atoms with E-state index in [0.29, 0.717) is 5.56 Å². The summed E-state index contributed by atoms with van der Waals surface area (Å²) in [6.45, 7) is 6.50. The third kappa shape index (κ3) is 4.04. The molecule has 0 aromatic heterocycles. The summed E-state index contributed by atoms with van der Waals surface area (Å²) < 4.78 is 39.6. The first-order valence-corrected chi connectivity index (χ1v) is 7.34. The molecule has 0 spiro atoms. The standard InChI is InChI=1S/C12H19FN2O2S/c1-4-14-10(3)8-15-18(16,17)12-7-11(13)6-5-9(12)2/h5-7,10,14-15H,4,8H2,1-3H3/t10-/m1/s1. The van der Waals surface area contributed by atoms with Gasteiger partial charge in [0.2, 0.25) is 10.0 Å². The highest BCUT2D eigenvalue weighted by Gasteiger charge is 2.18. The normalized spacial score (nSPS) is 13.6. The van der Waals surface area contributed by atoms with Crippen LogP contribution in [-0.2, 0) is 10.0 Å². The van der Waals surface area contributed by atoms with E-state index in [0.717, 1.165) is 12.6 Å².